The molecule has 0 aliphatic carbocycles. The lowest BCUT2D eigenvalue weighted by molar-refractivity contribution is -0.130. The lowest BCUT2D eigenvalue weighted by Gasteiger charge is -2.21. The van der Waals surface area contributed by atoms with E-state index in [0.29, 0.717) is 17.7 Å². The van der Waals surface area contributed by atoms with Crippen LogP contribution in [0.25, 0.3) is 0 Å². The zero-order chi connectivity index (χ0) is 36.8. The Labute approximate surface area is 280 Å². The fourth-order valence-electron chi connectivity index (χ4n) is 3.41. The standard InChI is InChI=1S/C27H28FN3O4.C2H5NO.3C2H6.CH4O/c1-18(29-25(33)16-11-19-9-14-23(32)15-10-19)26(34)31-24(17-20-7-12-21(28)13-8-20)27(35)30-22-5-3-2-4-6-22;1-2(3)4;4*1-2/h2-10,12-15,18,24,32H,11,16-17H2,1H3,(H,29,33)(H,30,35)(H,31,34);1H3,(H2,3,4);3*1-2H3;2H,1H3. The van der Waals surface area contributed by atoms with E-state index in [9.17, 15) is 28.7 Å². The summed E-state index contributed by atoms with van der Waals surface area (Å²) in [5.74, 6) is -1.84. The van der Waals surface area contributed by atoms with E-state index in [4.69, 9.17) is 5.11 Å². The predicted molar refractivity (Wildman–Crippen MR) is 188 cm³/mol. The van der Waals surface area contributed by atoms with Crippen LogP contribution >= 0.6 is 0 Å². The van der Waals surface area contributed by atoms with Gasteiger partial charge in [0.2, 0.25) is 23.6 Å². The summed E-state index contributed by atoms with van der Waals surface area (Å²) in [5.41, 5.74) is 6.60. The molecule has 0 aliphatic rings. The van der Waals surface area contributed by atoms with E-state index < -0.39 is 29.7 Å². The Bertz CT molecular complexity index is 1240. The molecule has 3 aromatic rings. The first-order chi connectivity index (χ1) is 22.5. The molecule has 0 fully saturated rings. The van der Waals surface area contributed by atoms with E-state index >= 15 is 0 Å². The molecule has 3 aromatic carbocycles. The fourth-order valence-corrected chi connectivity index (χ4v) is 3.41. The number of hydrogen-bond acceptors (Lipinski definition) is 6. The van der Waals surface area contributed by atoms with Crippen molar-refractivity contribution in [2.24, 2.45) is 5.73 Å². The van der Waals surface area contributed by atoms with Crippen LogP contribution in [-0.4, -0.2) is 53.0 Å². The number of benzene rings is 3. The number of aryl methyl sites for hydroxylation is 1. The average molecular weight is 659 g/mol. The second-order valence-electron chi connectivity index (χ2n) is 8.81. The minimum Gasteiger partial charge on any atom is -0.508 e. The van der Waals surface area contributed by atoms with Gasteiger partial charge in [-0.25, -0.2) is 4.39 Å². The van der Waals surface area contributed by atoms with Crippen molar-refractivity contribution < 1.29 is 33.8 Å². The number of amides is 4. The molecule has 2 unspecified atom stereocenters. The van der Waals surface area contributed by atoms with Crippen LogP contribution in [0.3, 0.4) is 0 Å². The maximum atomic E-state index is 13.3. The highest BCUT2D eigenvalue weighted by Crippen LogP contribution is 2.12. The van der Waals surface area contributed by atoms with Crippen LogP contribution < -0.4 is 21.7 Å². The number of nitrogens with one attached hydrogen (secondary N) is 3. The largest absolute Gasteiger partial charge is 0.508 e. The molecule has 7 N–H and O–H groups in total. The van der Waals surface area contributed by atoms with Crippen molar-refractivity contribution in [1.29, 1.82) is 0 Å². The van der Waals surface area contributed by atoms with E-state index in [2.05, 4.69) is 21.7 Å². The Balaban J connectivity index is -0.00000143. The number of halogens is 1. The highest BCUT2D eigenvalue weighted by Gasteiger charge is 2.25. The van der Waals surface area contributed by atoms with Gasteiger partial charge in [0.25, 0.3) is 0 Å². The summed E-state index contributed by atoms with van der Waals surface area (Å²) in [4.78, 5) is 47.3. The molecule has 2 atom stereocenters. The Kier molecular flexibility index (Phi) is 29.7. The number of phenols is 1. The molecular formula is C36H55FN4O6. The summed E-state index contributed by atoms with van der Waals surface area (Å²) >= 11 is 0. The normalized spacial score (nSPS) is 10.2. The Morgan fingerprint density at radius 2 is 1.21 bits per heavy atom. The van der Waals surface area contributed by atoms with Crippen molar-refractivity contribution in [3.63, 3.8) is 0 Å². The number of primary amides is 1. The Hall–Kier alpha value is -4.77. The SMILES string of the molecule is CC.CC.CC.CC(N)=O.CC(NC(=O)CCc1ccc(O)cc1)C(=O)NC(Cc1ccc(F)cc1)C(=O)Nc1ccccc1.CO. The topological polar surface area (TPSA) is 171 Å². The molecule has 4 amide bonds. The summed E-state index contributed by atoms with van der Waals surface area (Å²) in [7, 11) is 1.00. The minimum atomic E-state index is -0.940. The molecule has 3 rings (SSSR count). The lowest BCUT2D eigenvalue weighted by Crippen LogP contribution is -2.52. The molecule has 0 spiro atoms. The van der Waals surface area contributed by atoms with Crippen LogP contribution in [0.5, 0.6) is 5.75 Å². The lowest BCUT2D eigenvalue weighted by atomic mass is 10.0. The molecule has 0 saturated carbocycles. The van der Waals surface area contributed by atoms with Gasteiger partial charge in [0.15, 0.2) is 0 Å². The van der Waals surface area contributed by atoms with Crippen LogP contribution in [-0.2, 0) is 32.0 Å². The van der Waals surface area contributed by atoms with Gasteiger partial charge in [0.05, 0.1) is 0 Å². The molecule has 47 heavy (non-hydrogen) atoms. The number of nitrogens with two attached hydrogens (primary N) is 1. The zero-order valence-electron chi connectivity index (χ0n) is 29.3. The van der Waals surface area contributed by atoms with Crippen LogP contribution in [0, 0.1) is 5.82 Å². The van der Waals surface area contributed by atoms with Gasteiger partial charge in [-0.2, -0.15) is 0 Å². The molecule has 0 saturated heterocycles. The third-order valence-corrected chi connectivity index (χ3v) is 5.38. The molecule has 0 radical (unpaired) electrons. The number of phenolic OH excluding ortho intramolecular Hbond substituents is 1. The summed E-state index contributed by atoms with van der Waals surface area (Å²) in [5, 5.41) is 24.5. The van der Waals surface area contributed by atoms with Crippen LogP contribution in [0.2, 0.25) is 0 Å². The quantitative estimate of drug-likeness (QED) is 0.168. The zero-order valence-corrected chi connectivity index (χ0v) is 29.3. The maximum Gasteiger partial charge on any atom is 0.247 e. The number of carbonyl (C=O) groups excluding carboxylic acids is 4. The summed E-state index contributed by atoms with van der Waals surface area (Å²) in [6, 6.07) is 19.3. The smallest absolute Gasteiger partial charge is 0.247 e. The maximum absolute atomic E-state index is 13.3. The molecule has 0 aromatic heterocycles. The second-order valence-corrected chi connectivity index (χ2v) is 8.81. The Morgan fingerprint density at radius 1 is 0.745 bits per heavy atom. The van der Waals surface area contributed by atoms with Gasteiger partial charge in [0, 0.05) is 32.6 Å². The van der Waals surface area contributed by atoms with Crippen LogP contribution in [0.4, 0.5) is 10.1 Å². The van der Waals surface area contributed by atoms with Gasteiger partial charge in [-0.3, -0.25) is 19.2 Å². The van der Waals surface area contributed by atoms with Crippen molar-refractivity contribution in [1.82, 2.24) is 10.6 Å². The summed E-state index contributed by atoms with van der Waals surface area (Å²) in [6.07, 6.45) is 0.759. The number of aliphatic hydroxyl groups is 1. The first-order valence-electron chi connectivity index (χ1n) is 15.7. The van der Waals surface area contributed by atoms with E-state index in [1.54, 1.807) is 60.7 Å². The fraction of sp³-hybridized carbons (Fsp3) is 0.389. The number of rotatable bonds is 10. The van der Waals surface area contributed by atoms with Gasteiger partial charge in [-0.05, 0) is 60.9 Å². The molecule has 11 heteroatoms. The van der Waals surface area contributed by atoms with E-state index in [-0.39, 0.29) is 30.4 Å². The van der Waals surface area contributed by atoms with Gasteiger partial charge in [-0.15, -0.1) is 0 Å². The summed E-state index contributed by atoms with van der Waals surface area (Å²) < 4.78 is 13.3. The number of aromatic hydroxyl groups is 1. The third kappa shape index (κ3) is 23.3. The highest BCUT2D eigenvalue weighted by atomic mass is 19.1. The molecule has 262 valence electrons. The van der Waals surface area contributed by atoms with E-state index in [1.165, 1.54) is 26.0 Å². The van der Waals surface area contributed by atoms with Crippen molar-refractivity contribution in [2.45, 2.75) is 86.7 Å². The Morgan fingerprint density at radius 3 is 1.70 bits per heavy atom. The molecule has 0 bridgehead atoms. The van der Waals surface area contributed by atoms with Gasteiger partial charge < -0.3 is 31.9 Å². The number of aliphatic hydroxyl groups excluding tert-OH is 1. The van der Waals surface area contributed by atoms with E-state index in [0.717, 1.165) is 12.7 Å². The number of anilines is 1. The second kappa shape index (κ2) is 29.9. The molecule has 10 nitrogen and oxygen atoms in total. The monoisotopic (exact) mass is 658 g/mol. The van der Waals surface area contributed by atoms with Crippen molar-refractivity contribution in [2.75, 3.05) is 12.4 Å². The minimum absolute atomic E-state index is 0.145. The first kappa shape index (κ1) is 46.6. The summed E-state index contributed by atoms with van der Waals surface area (Å²) in [6.45, 7) is 14.8. The van der Waals surface area contributed by atoms with Crippen molar-refractivity contribution >= 4 is 29.3 Å². The predicted octanol–water partition coefficient (Wildman–Crippen LogP) is 5.51. The van der Waals surface area contributed by atoms with Crippen molar-refractivity contribution in [3.05, 3.63) is 95.8 Å². The van der Waals surface area contributed by atoms with Crippen LogP contribution in [0.15, 0.2) is 78.9 Å². The van der Waals surface area contributed by atoms with Crippen LogP contribution in [0.1, 0.15) is 72.9 Å². The third-order valence-electron chi connectivity index (χ3n) is 5.38. The van der Waals surface area contributed by atoms with E-state index in [1.807, 2.05) is 47.6 Å². The first-order valence-corrected chi connectivity index (χ1v) is 15.7. The average Bonchev–Trinajstić information content (AvgIpc) is 3.09. The number of carbonyl (C=O) groups is 4. The van der Waals surface area contributed by atoms with Gasteiger partial charge in [-0.1, -0.05) is 84.0 Å². The van der Waals surface area contributed by atoms with Gasteiger partial charge >= 0.3 is 0 Å². The molecule has 0 aliphatic heterocycles. The highest BCUT2D eigenvalue weighted by molar-refractivity contribution is 5.98. The van der Waals surface area contributed by atoms with Gasteiger partial charge in [0.1, 0.15) is 23.7 Å². The van der Waals surface area contributed by atoms with Crippen molar-refractivity contribution in [3.8, 4) is 5.75 Å². The number of hydrogen-bond donors (Lipinski definition) is 6. The number of para-hydroxylation sites is 1. The molecule has 0 heterocycles. The molecular weight excluding hydrogens is 603 g/mol.